The van der Waals surface area contributed by atoms with E-state index in [2.05, 4.69) is 29.7 Å². The zero-order valence-electron chi connectivity index (χ0n) is 17.4. The molecule has 1 aliphatic carbocycles. The van der Waals surface area contributed by atoms with E-state index in [1.54, 1.807) is 4.90 Å². The van der Waals surface area contributed by atoms with E-state index in [0.29, 0.717) is 24.6 Å². The second-order valence-electron chi connectivity index (χ2n) is 8.29. The van der Waals surface area contributed by atoms with Crippen molar-refractivity contribution in [1.29, 1.82) is 5.26 Å². The van der Waals surface area contributed by atoms with Crippen molar-refractivity contribution < 1.29 is 4.79 Å². The fourth-order valence-electron chi connectivity index (χ4n) is 4.39. The van der Waals surface area contributed by atoms with Gasteiger partial charge in [0.05, 0.1) is 0 Å². The summed E-state index contributed by atoms with van der Waals surface area (Å²) in [5.74, 6) is 0.538. The first kappa shape index (κ1) is 21.2. The van der Waals surface area contributed by atoms with Gasteiger partial charge in [0.1, 0.15) is 0 Å². The smallest absolute Gasteiger partial charge is 0.251 e. The Morgan fingerprint density at radius 2 is 1.55 bits per heavy atom. The number of hydrogen-bond donors (Lipinski definition) is 1. The Bertz CT molecular complexity index is 759. The minimum atomic E-state index is -0.0716. The van der Waals surface area contributed by atoms with E-state index in [-0.39, 0.29) is 11.9 Å². The fourth-order valence-corrected chi connectivity index (χ4v) is 4.39. The highest BCUT2D eigenvalue weighted by atomic mass is 16.1. The Hall–Kier alpha value is -2.54. The van der Waals surface area contributed by atoms with E-state index in [0.717, 1.165) is 6.42 Å². The predicted molar refractivity (Wildman–Crippen MR) is 117 cm³/mol. The van der Waals surface area contributed by atoms with Gasteiger partial charge >= 0.3 is 0 Å². The summed E-state index contributed by atoms with van der Waals surface area (Å²) in [5.41, 5.74) is 2.02. The quantitative estimate of drug-likeness (QED) is 0.710. The molecule has 29 heavy (non-hydrogen) atoms. The van der Waals surface area contributed by atoms with Gasteiger partial charge in [0, 0.05) is 24.7 Å². The monoisotopic (exact) mass is 391 g/mol. The van der Waals surface area contributed by atoms with Crippen molar-refractivity contribution in [3.63, 3.8) is 0 Å². The normalized spacial score (nSPS) is 20.5. The molecule has 0 bridgehead atoms. The number of amides is 1. The van der Waals surface area contributed by atoms with Crippen molar-refractivity contribution in [2.24, 2.45) is 0 Å². The van der Waals surface area contributed by atoms with Crippen molar-refractivity contribution in [2.75, 3.05) is 13.1 Å². The lowest BCUT2D eigenvalue weighted by atomic mass is 9.90. The van der Waals surface area contributed by atoms with Gasteiger partial charge in [-0.3, -0.25) is 4.79 Å². The molecule has 1 aliphatic heterocycles. The van der Waals surface area contributed by atoms with Crippen molar-refractivity contribution in [1.82, 2.24) is 10.2 Å². The highest BCUT2D eigenvalue weighted by molar-refractivity contribution is 5.94. The van der Waals surface area contributed by atoms with Crippen LogP contribution in [0.1, 0.15) is 79.6 Å². The summed E-state index contributed by atoms with van der Waals surface area (Å²) in [6, 6.07) is 16.3. The fraction of sp³-hybridized carbons (Fsp3) is 0.520. The highest BCUT2D eigenvalue weighted by Crippen LogP contribution is 2.29. The Labute approximate surface area is 175 Å². The molecule has 0 unspecified atom stereocenters. The van der Waals surface area contributed by atoms with Crippen LogP contribution in [0.2, 0.25) is 0 Å². The maximum Gasteiger partial charge on any atom is 0.251 e. The van der Waals surface area contributed by atoms with Gasteiger partial charge < -0.3 is 10.2 Å². The molecule has 0 aromatic heterocycles. The number of likely N-dealkylation sites (tertiary alicyclic amines) is 1. The van der Waals surface area contributed by atoms with E-state index in [1.807, 2.05) is 30.3 Å². The number of nitrogens with one attached hydrogen (secondary N) is 1. The Morgan fingerprint density at radius 1 is 0.897 bits per heavy atom. The number of carbonyl (C=O) groups is 1. The topological polar surface area (TPSA) is 56.1 Å². The average Bonchev–Trinajstić information content (AvgIpc) is 3.23. The number of nitriles is 1. The summed E-state index contributed by atoms with van der Waals surface area (Å²) in [6.07, 6.45) is 13.6. The molecule has 4 nitrogen and oxygen atoms in total. The van der Waals surface area contributed by atoms with Gasteiger partial charge in [0.2, 0.25) is 0 Å². The summed E-state index contributed by atoms with van der Waals surface area (Å²) in [7, 11) is 0. The molecule has 1 amide bonds. The van der Waals surface area contributed by atoms with E-state index in [1.165, 1.54) is 56.9 Å². The van der Waals surface area contributed by atoms with E-state index < -0.39 is 0 Å². The number of hydrogen-bond acceptors (Lipinski definition) is 3. The molecular formula is C25H33N3O. The van der Waals surface area contributed by atoms with E-state index >= 15 is 0 Å². The summed E-state index contributed by atoms with van der Waals surface area (Å²) in [6.45, 7) is 1.32. The first-order valence-corrected chi connectivity index (χ1v) is 11.1. The van der Waals surface area contributed by atoms with Crippen LogP contribution in [0.15, 0.2) is 48.5 Å². The third-order valence-corrected chi connectivity index (χ3v) is 6.10. The molecule has 1 atom stereocenters. The Kier molecular flexibility index (Phi) is 8.37. The molecule has 2 fully saturated rings. The van der Waals surface area contributed by atoms with Crippen LogP contribution in [0, 0.1) is 11.5 Å². The van der Waals surface area contributed by atoms with Gasteiger partial charge in [-0.25, -0.2) is 0 Å². The average molecular weight is 392 g/mol. The van der Waals surface area contributed by atoms with E-state index in [9.17, 15) is 4.79 Å². The van der Waals surface area contributed by atoms with Crippen molar-refractivity contribution in [3.05, 3.63) is 59.7 Å². The SMILES string of the molecule is N#CN1CC[C@@H](NC(=O)c2cccccc(C3CCCCCCCC3)ccc2)C1. The van der Waals surface area contributed by atoms with Crippen LogP contribution in [-0.4, -0.2) is 29.9 Å². The van der Waals surface area contributed by atoms with Gasteiger partial charge in [0.15, 0.2) is 6.19 Å². The molecule has 0 radical (unpaired) electrons. The minimum absolute atomic E-state index is 0.0423. The molecule has 0 spiro atoms. The van der Waals surface area contributed by atoms with Crippen LogP contribution >= 0.6 is 0 Å². The van der Waals surface area contributed by atoms with Gasteiger partial charge in [-0.05, 0) is 42.9 Å². The molecule has 1 saturated carbocycles. The van der Waals surface area contributed by atoms with Gasteiger partial charge in [0.25, 0.3) is 5.91 Å². The molecule has 1 N–H and O–H groups in total. The molecule has 154 valence electrons. The number of rotatable bonds is 3. The molecular weight excluding hydrogens is 358 g/mol. The largest absolute Gasteiger partial charge is 0.347 e. The third-order valence-electron chi connectivity index (χ3n) is 6.10. The van der Waals surface area contributed by atoms with Crippen LogP contribution < -0.4 is 5.32 Å². The molecule has 2 aliphatic rings. The van der Waals surface area contributed by atoms with Gasteiger partial charge in [-0.15, -0.1) is 0 Å². The van der Waals surface area contributed by atoms with Crippen LogP contribution in [-0.2, 0) is 0 Å². The minimum Gasteiger partial charge on any atom is -0.347 e. The van der Waals surface area contributed by atoms with Crippen molar-refractivity contribution in [2.45, 2.75) is 69.7 Å². The molecule has 1 aromatic carbocycles. The number of nitrogens with zero attached hydrogens (tertiary/aromatic N) is 2. The second-order valence-corrected chi connectivity index (χ2v) is 8.29. The van der Waals surface area contributed by atoms with Crippen molar-refractivity contribution >= 4 is 5.91 Å². The van der Waals surface area contributed by atoms with Crippen LogP contribution in [0.5, 0.6) is 0 Å². The lowest BCUT2D eigenvalue weighted by Gasteiger charge is -2.15. The summed E-state index contributed by atoms with van der Waals surface area (Å²) >= 11 is 0. The van der Waals surface area contributed by atoms with Crippen LogP contribution in [0.3, 0.4) is 0 Å². The Morgan fingerprint density at radius 3 is 2.28 bits per heavy atom. The lowest BCUT2D eigenvalue weighted by Crippen LogP contribution is -2.36. The second kappa shape index (κ2) is 11.5. The Balaban J connectivity index is 1.73. The van der Waals surface area contributed by atoms with Crippen molar-refractivity contribution in [3.8, 4) is 6.19 Å². The summed E-state index contributed by atoms with van der Waals surface area (Å²) < 4.78 is 0. The maximum absolute atomic E-state index is 12.7. The zero-order valence-corrected chi connectivity index (χ0v) is 17.4. The molecule has 1 aromatic rings. The third kappa shape index (κ3) is 6.78. The standard InChI is InChI=1S/C25H33N3O/c26-20-28-18-17-24(19-28)27-25(29)23-14-9-5-8-13-22(15-10-16-23)21-11-6-3-1-2-4-7-12-21/h5,8-10,13-16,21,24H,1-4,6-7,11-12,17-19H2,(H,27,29)/t24-/m1/s1. The predicted octanol–water partition coefficient (Wildman–Crippen LogP) is 5.31. The maximum atomic E-state index is 12.7. The first-order valence-electron chi connectivity index (χ1n) is 11.1. The zero-order chi connectivity index (χ0) is 20.3. The number of carbonyl (C=O) groups excluding carboxylic acids is 1. The molecule has 4 heteroatoms. The highest BCUT2D eigenvalue weighted by Gasteiger charge is 2.23. The lowest BCUT2D eigenvalue weighted by molar-refractivity contribution is 0.0939. The van der Waals surface area contributed by atoms with Crippen LogP contribution in [0.4, 0.5) is 0 Å². The molecule has 3 rings (SSSR count). The van der Waals surface area contributed by atoms with Crippen LogP contribution in [0.25, 0.3) is 0 Å². The summed E-state index contributed by atoms with van der Waals surface area (Å²) in [5, 5.41) is 12.1. The molecule has 1 heterocycles. The summed E-state index contributed by atoms with van der Waals surface area (Å²) in [4.78, 5) is 14.4. The molecule has 1 saturated heterocycles. The van der Waals surface area contributed by atoms with Gasteiger partial charge in [-0.1, -0.05) is 74.9 Å². The first-order chi connectivity index (χ1) is 14.3. The van der Waals surface area contributed by atoms with Gasteiger partial charge in [-0.2, -0.15) is 5.26 Å². The van der Waals surface area contributed by atoms with E-state index in [4.69, 9.17) is 5.26 Å².